The zero-order valence-electron chi connectivity index (χ0n) is 11.1. The molecule has 1 atom stereocenters. The predicted molar refractivity (Wildman–Crippen MR) is 77.0 cm³/mol. The Morgan fingerprint density at radius 3 is 2.33 bits per heavy atom. The Balaban J connectivity index is 2.49. The van der Waals surface area contributed by atoms with E-state index in [4.69, 9.17) is 11.6 Å². The first-order valence-electron chi connectivity index (χ1n) is 5.90. The van der Waals surface area contributed by atoms with Crippen LogP contribution in [0.4, 0.5) is 0 Å². The van der Waals surface area contributed by atoms with Crippen LogP contribution in [-0.4, -0.2) is 45.0 Å². The molecule has 1 aromatic carbocycles. The Hall–Kier alpha value is -0.580. The normalized spacial score (nSPS) is 13.8. The molecule has 0 radical (unpaired) electrons. The molecule has 1 aromatic rings. The Morgan fingerprint density at radius 2 is 1.83 bits per heavy atom. The molecular formula is C13H20ClNO2S. The predicted octanol–water partition coefficient (Wildman–Crippen LogP) is 2.25. The quantitative estimate of drug-likeness (QED) is 0.806. The van der Waals surface area contributed by atoms with E-state index in [0.717, 1.165) is 11.4 Å². The third-order valence-corrected chi connectivity index (χ3v) is 4.19. The standard InChI is InChI=1S/C13H20ClNO2S/c1-11(15(2)8-9-18(3,16)17)10-12-4-6-13(14)7-5-12/h4-7,11H,8-10H2,1-3H3/t11-/m1/s1. The lowest BCUT2D eigenvalue weighted by molar-refractivity contribution is 0.270. The van der Waals surface area contributed by atoms with Crippen LogP contribution in [0.3, 0.4) is 0 Å². The molecule has 3 nitrogen and oxygen atoms in total. The molecule has 0 aliphatic rings. The van der Waals surface area contributed by atoms with Crippen LogP contribution in [0.15, 0.2) is 24.3 Å². The van der Waals surface area contributed by atoms with Crippen molar-refractivity contribution in [2.45, 2.75) is 19.4 Å². The third kappa shape index (κ3) is 5.85. The molecule has 5 heteroatoms. The smallest absolute Gasteiger partial charge is 0.148 e. The SMILES string of the molecule is C[C@H](Cc1ccc(Cl)cc1)N(C)CCS(C)(=O)=O. The minimum atomic E-state index is -2.89. The van der Waals surface area contributed by atoms with Crippen molar-refractivity contribution in [1.29, 1.82) is 0 Å². The zero-order chi connectivity index (χ0) is 13.8. The molecule has 1 rings (SSSR count). The molecule has 0 heterocycles. The number of benzene rings is 1. The van der Waals surface area contributed by atoms with Gasteiger partial charge in [-0.1, -0.05) is 23.7 Å². The van der Waals surface area contributed by atoms with Crippen molar-refractivity contribution in [1.82, 2.24) is 4.90 Å². The Kier molecular flexibility index (Phi) is 5.63. The molecule has 0 aliphatic heterocycles. The van der Waals surface area contributed by atoms with Gasteiger partial charge in [-0.2, -0.15) is 0 Å². The Morgan fingerprint density at radius 1 is 1.28 bits per heavy atom. The maximum absolute atomic E-state index is 11.1. The van der Waals surface area contributed by atoms with Gasteiger partial charge in [-0.3, -0.25) is 0 Å². The maximum Gasteiger partial charge on any atom is 0.148 e. The molecule has 0 N–H and O–H groups in total. The van der Waals surface area contributed by atoms with E-state index in [2.05, 4.69) is 11.8 Å². The highest BCUT2D eigenvalue weighted by molar-refractivity contribution is 7.90. The summed E-state index contributed by atoms with van der Waals surface area (Å²) in [5.74, 6) is 0.203. The number of sulfone groups is 1. The van der Waals surface area contributed by atoms with Crippen LogP contribution in [0, 0.1) is 0 Å². The first-order chi connectivity index (χ1) is 8.28. The van der Waals surface area contributed by atoms with Gasteiger partial charge >= 0.3 is 0 Å². The number of likely N-dealkylation sites (N-methyl/N-ethyl adjacent to an activating group) is 1. The van der Waals surface area contributed by atoms with Crippen molar-refractivity contribution >= 4 is 21.4 Å². The van der Waals surface area contributed by atoms with Gasteiger partial charge in [-0.15, -0.1) is 0 Å². The molecule has 0 aromatic heterocycles. The molecule has 0 bridgehead atoms. The van der Waals surface area contributed by atoms with Crippen LogP contribution in [0.2, 0.25) is 5.02 Å². The van der Waals surface area contributed by atoms with E-state index < -0.39 is 9.84 Å². The van der Waals surface area contributed by atoms with Crippen molar-refractivity contribution in [3.8, 4) is 0 Å². The highest BCUT2D eigenvalue weighted by Crippen LogP contribution is 2.12. The van der Waals surface area contributed by atoms with Gasteiger partial charge in [0.2, 0.25) is 0 Å². The summed E-state index contributed by atoms with van der Waals surface area (Å²) in [6, 6.07) is 8.06. The van der Waals surface area contributed by atoms with Crippen molar-refractivity contribution in [3.05, 3.63) is 34.9 Å². The van der Waals surface area contributed by atoms with Crippen molar-refractivity contribution in [3.63, 3.8) is 0 Å². The molecule has 0 amide bonds. The van der Waals surface area contributed by atoms with Gasteiger partial charge in [0.15, 0.2) is 0 Å². The molecule has 0 saturated carbocycles. The van der Waals surface area contributed by atoms with Gasteiger partial charge < -0.3 is 4.90 Å². The highest BCUT2D eigenvalue weighted by Gasteiger charge is 2.12. The lowest BCUT2D eigenvalue weighted by Gasteiger charge is -2.24. The fourth-order valence-corrected chi connectivity index (χ4v) is 2.39. The van der Waals surface area contributed by atoms with E-state index in [1.165, 1.54) is 11.8 Å². The number of halogens is 1. The average molecular weight is 290 g/mol. The van der Waals surface area contributed by atoms with Crippen LogP contribution >= 0.6 is 11.6 Å². The first kappa shape index (κ1) is 15.5. The summed E-state index contributed by atoms with van der Waals surface area (Å²) in [4.78, 5) is 2.07. The summed E-state index contributed by atoms with van der Waals surface area (Å²) >= 11 is 5.83. The molecule has 0 unspecified atom stereocenters. The summed E-state index contributed by atoms with van der Waals surface area (Å²) in [5, 5.41) is 0.733. The second kappa shape index (κ2) is 6.55. The number of hydrogen-bond acceptors (Lipinski definition) is 3. The largest absolute Gasteiger partial charge is 0.302 e. The Labute approximate surface area is 115 Å². The van der Waals surface area contributed by atoms with Gasteiger partial charge in [0.25, 0.3) is 0 Å². The summed E-state index contributed by atoms with van der Waals surface area (Å²) in [6.07, 6.45) is 2.15. The van der Waals surface area contributed by atoms with E-state index in [9.17, 15) is 8.42 Å². The van der Waals surface area contributed by atoms with E-state index in [0.29, 0.717) is 12.6 Å². The van der Waals surface area contributed by atoms with Crippen molar-refractivity contribution < 1.29 is 8.42 Å². The van der Waals surface area contributed by atoms with E-state index >= 15 is 0 Å². The monoisotopic (exact) mass is 289 g/mol. The molecule has 18 heavy (non-hydrogen) atoms. The maximum atomic E-state index is 11.1. The number of rotatable bonds is 6. The van der Waals surface area contributed by atoms with Crippen LogP contribution in [0.1, 0.15) is 12.5 Å². The topological polar surface area (TPSA) is 37.4 Å². The van der Waals surface area contributed by atoms with Gasteiger partial charge in [-0.05, 0) is 38.1 Å². The first-order valence-corrected chi connectivity index (χ1v) is 8.34. The minimum absolute atomic E-state index is 0.203. The summed E-state index contributed by atoms with van der Waals surface area (Å²) in [5.41, 5.74) is 1.21. The summed E-state index contributed by atoms with van der Waals surface area (Å²) in [7, 11) is -0.940. The highest BCUT2D eigenvalue weighted by atomic mass is 35.5. The average Bonchev–Trinajstić information content (AvgIpc) is 2.28. The van der Waals surface area contributed by atoms with E-state index in [-0.39, 0.29) is 5.75 Å². The van der Waals surface area contributed by atoms with Gasteiger partial charge in [0.05, 0.1) is 5.75 Å². The molecular weight excluding hydrogens is 270 g/mol. The van der Waals surface area contributed by atoms with E-state index in [1.54, 1.807) is 0 Å². The van der Waals surface area contributed by atoms with Crippen LogP contribution < -0.4 is 0 Å². The minimum Gasteiger partial charge on any atom is -0.302 e. The lowest BCUT2D eigenvalue weighted by Crippen LogP contribution is -2.34. The van der Waals surface area contributed by atoms with Crippen LogP contribution in [0.5, 0.6) is 0 Å². The molecule has 0 spiro atoms. The summed E-state index contributed by atoms with van der Waals surface area (Å²) in [6.45, 7) is 2.66. The van der Waals surface area contributed by atoms with E-state index in [1.807, 2.05) is 31.3 Å². The molecule has 0 aliphatic carbocycles. The van der Waals surface area contributed by atoms with Gasteiger partial charge in [-0.25, -0.2) is 8.42 Å². The van der Waals surface area contributed by atoms with Crippen molar-refractivity contribution in [2.24, 2.45) is 0 Å². The lowest BCUT2D eigenvalue weighted by atomic mass is 10.1. The zero-order valence-corrected chi connectivity index (χ0v) is 12.6. The Bertz CT molecular complexity index is 470. The van der Waals surface area contributed by atoms with Gasteiger partial charge in [0, 0.05) is 23.9 Å². The van der Waals surface area contributed by atoms with Crippen molar-refractivity contribution in [2.75, 3.05) is 25.6 Å². The van der Waals surface area contributed by atoms with Crippen LogP contribution in [0.25, 0.3) is 0 Å². The second-order valence-electron chi connectivity index (χ2n) is 4.79. The van der Waals surface area contributed by atoms with Gasteiger partial charge in [0.1, 0.15) is 9.84 Å². The fraction of sp³-hybridized carbons (Fsp3) is 0.538. The third-order valence-electron chi connectivity index (χ3n) is 3.01. The number of hydrogen-bond donors (Lipinski definition) is 0. The summed E-state index contributed by atoms with van der Waals surface area (Å²) < 4.78 is 22.2. The molecule has 0 saturated heterocycles. The molecule has 102 valence electrons. The number of nitrogens with zero attached hydrogens (tertiary/aromatic N) is 1. The second-order valence-corrected chi connectivity index (χ2v) is 7.49. The fourth-order valence-electron chi connectivity index (χ4n) is 1.65. The molecule has 0 fully saturated rings. The van der Waals surface area contributed by atoms with Crippen LogP contribution in [-0.2, 0) is 16.3 Å².